The molecule has 134 valence electrons. The van der Waals surface area contributed by atoms with Crippen molar-refractivity contribution in [2.45, 2.75) is 33.2 Å². The van der Waals surface area contributed by atoms with Crippen molar-refractivity contribution in [1.82, 2.24) is 9.80 Å². The number of nitrogens with zero attached hydrogens (tertiary/aromatic N) is 2. The first-order valence-corrected chi connectivity index (χ1v) is 8.77. The van der Waals surface area contributed by atoms with Crippen molar-refractivity contribution < 1.29 is 19.5 Å². The van der Waals surface area contributed by atoms with E-state index in [9.17, 15) is 19.5 Å². The van der Waals surface area contributed by atoms with Crippen LogP contribution < -0.4 is 0 Å². The van der Waals surface area contributed by atoms with Crippen LogP contribution in [0.15, 0.2) is 18.2 Å². The van der Waals surface area contributed by atoms with Crippen LogP contribution in [0.2, 0.25) is 0 Å². The van der Waals surface area contributed by atoms with Crippen LogP contribution in [0.25, 0.3) is 0 Å². The van der Waals surface area contributed by atoms with Crippen molar-refractivity contribution in [3.05, 3.63) is 34.9 Å². The molecule has 1 aromatic rings. The van der Waals surface area contributed by atoms with Crippen molar-refractivity contribution in [1.29, 1.82) is 0 Å². The molecule has 1 fully saturated rings. The SMILES string of the molecule is CC(C)CN1CC(C(=O)N2CCc3c(cccc3C(=O)O)C2)CC1=O. The van der Waals surface area contributed by atoms with E-state index in [-0.39, 0.29) is 24.2 Å². The van der Waals surface area contributed by atoms with E-state index in [2.05, 4.69) is 13.8 Å². The first-order valence-electron chi connectivity index (χ1n) is 8.77. The minimum absolute atomic E-state index is 0.00554. The average molecular weight is 344 g/mol. The quantitative estimate of drug-likeness (QED) is 0.903. The van der Waals surface area contributed by atoms with Gasteiger partial charge in [0.1, 0.15) is 0 Å². The van der Waals surface area contributed by atoms with Crippen LogP contribution in [0.4, 0.5) is 0 Å². The summed E-state index contributed by atoms with van der Waals surface area (Å²) in [6, 6.07) is 5.21. The highest BCUT2D eigenvalue weighted by Gasteiger charge is 2.37. The molecule has 0 spiro atoms. The standard InChI is InChI=1S/C19H24N2O4/c1-12(2)9-21-11-14(8-17(21)22)18(23)20-7-6-15-13(10-20)4-3-5-16(15)19(24)25/h3-5,12,14H,6-11H2,1-2H3,(H,24,25). The zero-order chi connectivity index (χ0) is 18.1. The number of carboxylic acids is 1. The van der Waals surface area contributed by atoms with E-state index in [0.717, 1.165) is 11.1 Å². The molecule has 3 rings (SSSR count). The number of aromatic carboxylic acids is 1. The van der Waals surface area contributed by atoms with E-state index >= 15 is 0 Å². The van der Waals surface area contributed by atoms with E-state index in [1.165, 1.54) is 0 Å². The lowest BCUT2D eigenvalue weighted by Gasteiger charge is -2.31. The normalized spacial score (nSPS) is 20.1. The Morgan fingerprint density at radius 2 is 2.08 bits per heavy atom. The maximum atomic E-state index is 12.8. The molecule has 2 aliphatic heterocycles. The Balaban J connectivity index is 1.70. The third-order valence-electron chi connectivity index (χ3n) is 4.96. The molecule has 2 aliphatic rings. The number of carboxylic acid groups (broad SMARTS) is 1. The first kappa shape index (κ1) is 17.5. The molecule has 1 unspecified atom stereocenters. The highest BCUT2D eigenvalue weighted by molar-refractivity contribution is 5.91. The van der Waals surface area contributed by atoms with E-state index < -0.39 is 5.97 Å². The zero-order valence-electron chi connectivity index (χ0n) is 14.7. The summed E-state index contributed by atoms with van der Waals surface area (Å²) in [6.07, 6.45) is 0.823. The smallest absolute Gasteiger partial charge is 0.335 e. The summed E-state index contributed by atoms with van der Waals surface area (Å²) in [5.41, 5.74) is 2.04. The van der Waals surface area contributed by atoms with Gasteiger partial charge < -0.3 is 14.9 Å². The molecular formula is C19H24N2O4. The van der Waals surface area contributed by atoms with Crippen LogP contribution in [0, 0.1) is 11.8 Å². The summed E-state index contributed by atoms with van der Waals surface area (Å²) in [5, 5.41) is 9.30. The van der Waals surface area contributed by atoms with Crippen molar-refractivity contribution >= 4 is 17.8 Å². The lowest BCUT2D eigenvalue weighted by atomic mass is 9.93. The van der Waals surface area contributed by atoms with E-state index in [1.807, 2.05) is 6.07 Å². The number of rotatable bonds is 4. The minimum Gasteiger partial charge on any atom is -0.478 e. The topological polar surface area (TPSA) is 77.9 Å². The van der Waals surface area contributed by atoms with Gasteiger partial charge in [-0.1, -0.05) is 26.0 Å². The largest absolute Gasteiger partial charge is 0.478 e. The highest BCUT2D eigenvalue weighted by atomic mass is 16.4. The Morgan fingerprint density at radius 1 is 1.32 bits per heavy atom. The molecule has 2 heterocycles. The third-order valence-corrected chi connectivity index (χ3v) is 4.96. The number of hydrogen-bond donors (Lipinski definition) is 1. The fourth-order valence-electron chi connectivity index (χ4n) is 3.81. The average Bonchev–Trinajstić information content (AvgIpc) is 2.93. The van der Waals surface area contributed by atoms with Crippen LogP contribution in [0.1, 0.15) is 41.8 Å². The van der Waals surface area contributed by atoms with Crippen LogP contribution in [-0.2, 0) is 22.6 Å². The molecule has 0 bridgehead atoms. The Kier molecular flexibility index (Phi) is 4.79. The number of amides is 2. The molecule has 2 amide bonds. The van der Waals surface area contributed by atoms with Crippen LogP contribution in [-0.4, -0.2) is 52.3 Å². The summed E-state index contributed by atoms with van der Waals surface area (Å²) in [5.74, 6) is -0.768. The number of fused-ring (bicyclic) bond motifs is 1. The Bertz CT molecular complexity index is 713. The van der Waals surface area contributed by atoms with Gasteiger partial charge in [-0.25, -0.2) is 4.79 Å². The summed E-state index contributed by atoms with van der Waals surface area (Å²) in [4.78, 5) is 39.8. The van der Waals surface area contributed by atoms with Crippen LogP contribution >= 0.6 is 0 Å². The van der Waals surface area contributed by atoms with Crippen molar-refractivity contribution in [2.24, 2.45) is 11.8 Å². The van der Waals surface area contributed by atoms with Gasteiger partial charge in [-0.3, -0.25) is 9.59 Å². The van der Waals surface area contributed by atoms with Gasteiger partial charge in [-0.05, 0) is 29.5 Å². The van der Waals surface area contributed by atoms with Gasteiger partial charge in [0.2, 0.25) is 11.8 Å². The van der Waals surface area contributed by atoms with Gasteiger partial charge >= 0.3 is 5.97 Å². The highest BCUT2D eigenvalue weighted by Crippen LogP contribution is 2.27. The summed E-state index contributed by atoms with van der Waals surface area (Å²) < 4.78 is 0. The predicted octanol–water partition coefficient (Wildman–Crippen LogP) is 1.77. The molecule has 1 atom stereocenters. The van der Waals surface area contributed by atoms with Gasteiger partial charge in [-0.2, -0.15) is 0 Å². The van der Waals surface area contributed by atoms with Gasteiger partial charge in [-0.15, -0.1) is 0 Å². The molecule has 1 N–H and O–H groups in total. The fraction of sp³-hybridized carbons (Fsp3) is 0.526. The number of benzene rings is 1. The van der Waals surface area contributed by atoms with Crippen molar-refractivity contribution in [3.8, 4) is 0 Å². The molecule has 1 saturated heterocycles. The minimum atomic E-state index is -0.928. The Hall–Kier alpha value is -2.37. The second-order valence-electron chi connectivity index (χ2n) is 7.35. The van der Waals surface area contributed by atoms with E-state index in [1.54, 1.807) is 21.9 Å². The van der Waals surface area contributed by atoms with Crippen LogP contribution in [0.5, 0.6) is 0 Å². The molecule has 1 aromatic carbocycles. The van der Waals surface area contributed by atoms with Gasteiger partial charge in [0.15, 0.2) is 0 Å². The summed E-state index contributed by atoms with van der Waals surface area (Å²) >= 11 is 0. The molecule has 0 saturated carbocycles. The number of carbonyl (C=O) groups excluding carboxylic acids is 2. The second kappa shape index (κ2) is 6.86. The first-order chi connectivity index (χ1) is 11.9. The van der Waals surface area contributed by atoms with Gasteiger partial charge in [0, 0.05) is 32.6 Å². The summed E-state index contributed by atoms with van der Waals surface area (Å²) in [7, 11) is 0. The lowest BCUT2D eigenvalue weighted by molar-refractivity contribution is -0.136. The molecule has 25 heavy (non-hydrogen) atoms. The maximum absolute atomic E-state index is 12.8. The third kappa shape index (κ3) is 3.52. The molecular weight excluding hydrogens is 320 g/mol. The van der Waals surface area contributed by atoms with Gasteiger partial charge in [0.25, 0.3) is 0 Å². The van der Waals surface area contributed by atoms with E-state index in [0.29, 0.717) is 44.1 Å². The number of carbonyl (C=O) groups is 3. The maximum Gasteiger partial charge on any atom is 0.335 e. The Morgan fingerprint density at radius 3 is 2.76 bits per heavy atom. The fourth-order valence-corrected chi connectivity index (χ4v) is 3.81. The molecule has 6 nitrogen and oxygen atoms in total. The molecule has 6 heteroatoms. The second-order valence-corrected chi connectivity index (χ2v) is 7.35. The molecule has 0 aromatic heterocycles. The van der Waals surface area contributed by atoms with Crippen LogP contribution in [0.3, 0.4) is 0 Å². The van der Waals surface area contributed by atoms with E-state index in [4.69, 9.17) is 0 Å². The predicted molar refractivity (Wildman–Crippen MR) is 92.0 cm³/mol. The Labute approximate surface area is 147 Å². The van der Waals surface area contributed by atoms with Gasteiger partial charge in [0.05, 0.1) is 11.5 Å². The number of likely N-dealkylation sites (tertiary alicyclic amines) is 1. The van der Waals surface area contributed by atoms with Crippen molar-refractivity contribution in [3.63, 3.8) is 0 Å². The monoisotopic (exact) mass is 344 g/mol. The zero-order valence-corrected chi connectivity index (χ0v) is 14.7. The van der Waals surface area contributed by atoms with Crippen molar-refractivity contribution in [2.75, 3.05) is 19.6 Å². The lowest BCUT2D eigenvalue weighted by Crippen LogP contribution is -2.41. The summed E-state index contributed by atoms with van der Waals surface area (Å²) in [6.45, 7) is 6.23. The number of hydrogen-bond acceptors (Lipinski definition) is 3. The molecule has 0 aliphatic carbocycles. The molecule has 0 radical (unpaired) electrons.